The van der Waals surface area contributed by atoms with Gasteiger partial charge in [-0.25, -0.2) is 4.39 Å². The molecule has 5 nitrogen and oxygen atoms in total. The van der Waals surface area contributed by atoms with Crippen LogP contribution in [0.2, 0.25) is 0 Å². The predicted molar refractivity (Wildman–Crippen MR) is 100.0 cm³/mol. The molecule has 0 saturated heterocycles. The van der Waals surface area contributed by atoms with Crippen LogP contribution in [-0.2, 0) is 16.1 Å². The molecule has 6 heteroatoms. The zero-order chi connectivity index (χ0) is 20.0. The van der Waals surface area contributed by atoms with Crippen molar-refractivity contribution in [2.75, 3.05) is 0 Å². The third-order valence-corrected chi connectivity index (χ3v) is 4.28. The summed E-state index contributed by atoms with van der Waals surface area (Å²) in [6.07, 6.45) is -2.19. The molecule has 0 bridgehead atoms. The highest BCUT2D eigenvalue weighted by Crippen LogP contribution is 2.18. The smallest absolute Gasteiger partial charge is 0.249 e. The summed E-state index contributed by atoms with van der Waals surface area (Å²) in [5.74, 6) is -0.649. The van der Waals surface area contributed by atoms with Crippen molar-refractivity contribution in [3.8, 4) is 0 Å². The molecule has 0 spiro atoms. The lowest BCUT2D eigenvalue weighted by Gasteiger charge is -2.24. The molecule has 2 aromatic carbocycles. The molecular formula is C21H26FNO4. The van der Waals surface area contributed by atoms with E-state index in [0.717, 1.165) is 5.56 Å². The van der Waals surface area contributed by atoms with Crippen LogP contribution in [0.3, 0.4) is 0 Å². The highest BCUT2D eigenvalue weighted by atomic mass is 19.1. The van der Waals surface area contributed by atoms with Crippen molar-refractivity contribution < 1.29 is 24.1 Å². The van der Waals surface area contributed by atoms with Crippen LogP contribution in [0.4, 0.5) is 4.39 Å². The Kier molecular flexibility index (Phi) is 7.47. The van der Waals surface area contributed by atoms with Crippen LogP contribution < -0.4 is 5.32 Å². The number of hydrogen-bond donors (Lipinski definition) is 3. The summed E-state index contributed by atoms with van der Waals surface area (Å²) >= 11 is 0. The molecule has 0 heterocycles. The fourth-order valence-corrected chi connectivity index (χ4v) is 2.72. The first kappa shape index (κ1) is 21.0. The van der Waals surface area contributed by atoms with Gasteiger partial charge < -0.3 is 20.3 Å². The van der Waals surface area contributed by atoms with Crippen LogP contribution in [0, 0.1) is 11.7 Å². The van der Waals surface area contributed by atoms with Crippen molar-refractivity contribution in [1.82, 2.24) is 5.32 Å². The summed E-state index contributed by atoms with van der Waals surface area (Å²) in [6.45, 7) is 5.76. The predicted octanol–water partition coefficient (Wildman–Crippen LogP) is 3.23. The zero-order valence-corrected chi connectivity index (χ0v) is 15.7. The molecule has 0 fully saturated rings. The summed E-state index contributed by atoms with van der Waals surface area (Å²) in [4.78, 5) is 12.6. The third-order valence-electron chi connectivity index (χ3n) is 4.28. The van der Waals surface area contributed by atoms with Gasteiger partial charge in [-0.3, -0.25) is 4.79 Å². The first-order chi connectivity index (χ1) is 12.8. The number of carbonyl (C=O) groups excluding carboxylic acids is 1. The van der Waals surface area contributed by atoms with E-state index >= 15 is 0 Å². The molecule has 2 rings (SSSR count). The molecule has 146 valence electrons. The summed E-state index contributed by atoms with van der Waals surface area (Å²) in [7, 11) is 0. The summed E-state index contributed by atoms with van der Waals surface area (Å²) in [6, 6.07) is 12.5. The van der Waals surface area contributed by atoms with Crippen molar-refractivity contribution in [2.24, 2.45) is 5.92 Å². The van der Waals surface area contributed by atoms with Gasteiger partial charge in [0.05, 0.1) is 12.6 Å². The number of hydrogen-bond acceptors (Lipinski definition) is 4. The Labute approximate surface area is 158 Å². The first-order valence-corrected chi connectivity index (χ1v) is 8.90. The standard InChI is InChI=1S/C21H26FNO4/c1-13(2)19(27-12-15-5-4-6-18(22)11-15)20(24)23-14(3)16-7-9-17(10-8-16)21(25)26/h4-11,13-14,19,21,25-26H,12H2,1-3H3,(H,23,24)/t14-,19?/m0/s1. The lowest BCUT2D eigenvalue weighted by atomic mass is 10.0. The fraction of sp³-hybridized carbons (Fsp3) is 0.381. The molecule has 0 radical (unpaired) electrons. The van der Waals surface area contributed by atoms with Gasteiger partial charge in [0.25, 0.3) is 0 Å². The molecule has 0 saturated carbocycles. The van der Waals surface area contributed by atoms with Gasteiger partial charge in [0.15, 0.2) is 6.29 Å². The molecule has 1 amide bonds. The highest BCUT2D eigenvalue weighted by Gasteiger charge is 2.24. The quantitative estimate of drug-likeness (QED) is 0.619. The average Bonchev–Trinajstić information content (AvgIpc) is 2.61. The Hall–Kier alpha value is -2.28. The maximum Gasteiger partial charge on any atom is 0.249 e. The van der Waals surface area contributed by atoms with Gasteiger partial charge in [0.2, 0.25) is 5.91 Å². The Morgan fingerprint density at radius 2 is 1.70 bits per heavy atom. The Balaban J connectivity index is 1.99. The van der Waals surface area contributed by atoms with Gasteiger partial charge in [0.1, 0.15) is 11.9 Å². The van der Waals surface area contributed by atoms with Crippen molar-refractivity contribution in [3.05, 3.63) is 71.0 Å². The minimum absolute atomic E-state index is 0.0577. The van der Waals surface area contributed by atoms with E-state index in [-0.39, 0.29) is 30.3 Å². The SMILES string of the molecule is CC(C)C(OCc1cccc(F)c1)C(=O)N[C@@H](C)c1ccc(C(O)O)cc1. The van der Waals surface area contributed by atoms with Gasteiger partial charge in [0, 0.05) is 5.56 Å². The van der Waals surface area contributed by atoms with Crippen LogP contribution >= 0.6 is 0 Å². The molecular weight excluding hydrogens is 349 g/mol. The number of carbonyl (C=O) groups is 1. The molecule has 2 atom stereocenters. The number of rotatable bonds is 8. The van der Waals surface area contributed by atoms with Crippen molar-refractivity contribution in [1.29, 1.82) is 0 Å². The van der Waals surface area contributed by atoms with E-state index in [9.17, 15) is 9.18 Å². The van der Waals surface area contributed by atoms with E-state index in [4.69, 9.17) is 14.9 Å². The molecule has 1 unspecified atom stereocenters. The zero-order valence-electron chi connectivity index (χ0n) is 15.7. The molecule has 0 aliphatic carbocycles. The van der Waals surface area contributed by atoms with Gasteiger partial charge in [-0.15, -0.1) is 0 Å². The molecule has 0 aromatic heterocycles. The molecule has 2 aromatic rings. The van der Waals surface area contributed by atoms with Gasteiger partial charge >= 0.3 is 0 Å². The minimum atomic E-state index is -1.52. The lowest BCUT2D eigenvalue weighted by Crippen LogP contribution is -2.40. The van der Waals surface area contributed by atoms with E-state index in [1.165, 1.54) is 12.1 Å². The Morgan fingerprint density at radius 3 is 2.26 bits per heavy atom. The van der Waals surface area contributed by atoms with Gasteiger partial charge in [-0.05, 0) is 36.1 Å². The number of aliphatic hydroxyl groups is 2. The number of halogens is 1. The lowest BCUT2D eigenvalue weighted by molar-refractivity contribution is -0.137. The normalized spacial score (nSPS) is 13.6. The number of aliphatic hydroxyl groups excluding tert-OH is 1. The van der Waals surface area contributed by atoms with Crippen molar-refractivity contribution >= 4 is 5.91 Å². The van der Waals surface area contributed by atoms with E-state index in [1.807, 2.05) is 20.8 Å². The van der Waals surface area contributed by atoms with Crippen LogP contribution in [0.25, 0.3) is 0 Å². The number of amides is 1. The number of nitrogens with one attached hydrogen (secondary N) is 1. The maximum atomic E-state index is 13.3. The molecule has 0 aliphatic rings. The third kappa shape index (κ3) is 6.13. The summed E-state index contributed by atoms with van der Waals surface area (Å²) in [5.41, 5.74) is 1.88. The van der Waals surface area contributed by atoms with Crippen LogP contribution in [0.1, 0.15) is 49.8 Å². The van der Waals surface area contributed by atoms with E-state index in [1.54, 1.807) is 36.4 Å². The van der Waals surface area contributed by atoms with Crippen LogP contribution in [0.5, 0.6) is 0 Å². The van der Waals surface area contributed by atoms with Gasteiger partial charge in [-0.1, -0.05) is 50.2 Å². The maximum absolute atomic E-state index is 13.3. The van der Waals surface area contributed by atoms with Gasteiger partial charge in [-0.2, -0.15) is 0 Å². The molecule has 3 N–H and O–H groups in total. The Bertz CT molecular complexity index is 746. The summed E-state index contributed by atoms with van der Waals surface area (Å²) in [5, 5.41) is 21.2. The van der Waals surface area contributed by atoms with E-state index < -0.39 is 12.4 Å². The fourth-order valence-electron chi connectivity index (χ4n) is 2.72. The minimum Gasteiger partial charge on any atom is -0.364 e. The Morgan fingerprint density at radius 1 is 1.07 bits per heavy atom. The van der Waals surface area contributed by atoms with Crippen molar-refractivity contribution in [2.45, 2.75) is 45.8 Å². The topological polar surface area (TPSA) is 78.8 Å². The van der Waals surface area contributed by atoms with E-state index in [2.05, 4.69) is 5.32 Å². The second-order valence-electron chi connectivity index (χ2n) is 6.88. The van der Waals surface area contributed by atoms with E-state index in [0.29, 0.717) is 11.1 Å². The largest absolute Gasteiger partial charge is 0.364 e. The average molecular weight is 375 g/mol. The molecule has 0 aliphatic heterocycles. The second kappa shape index (κ2) is 9.60. The summed E-state index contributed by atoms with van der Waals surface area (Å²) < 4.78 is 19.0. The second-order valence-corrected chi connectivity index (χ2v) is 6.88. The van der Waals surface area contributed by atoms with Crippen molar-refractivity contribution in [3.63, 3.8) is 0 Å². The molecule has 27 heavy (non-hydrogen) atoms. The van der Waals surface area contributed by atoms with Crippen LogP contribution in [0.15, 0.2) is 48.5 Å². The highest BCUT2D eigenvalue weighted by molar-refractivity contribution is 5.81. The monoisotopic (exact) mass is 375 g/mol. The number of benzene rings is 2. The van der Waals surface area contributed by atoms with Crippen LogP contribution in [-0.4, -0.2) is 22.2 Å². The number of ether oxygens (including phenoxy) is 1. The first-order valence-electron chi connectivity index (χ1n) is 8.90.